The second kappa shape index (κ2) is 18.1. The number of anilines is 1. The van der Waals surface area contributed by atoms with Crippen LogP contribution in [0.4, 0.5) is 10.5 Å². The van der Waals surface area contributed by atoms with Crippen LogP contribution >= 0.6 is 23.8 Å². The van der Waals surface area contributed by atoms with E-state index in [4.69, 9.17) is 41.2 Å². The van der Waals surface area contributed by atoms with Crippen LogP contribution in [-0.4, -0.2) is 25.3 Å². The van der Waals surface area contributed by atoms with E-state index in [-0.39, 0.29) is 61.7 Å². The Kier molecular flexibility index (Phi) is 17.0. The zero-order chi connectivity index (χ0) is 25.7. The third kappa shape index (κ3) is 10.9. The van der Waals surface area contributed by atoms with Crippen molar-refractivity contribution in [1.29, 1.82) is 0 Å². The van der Waals surface area contributed by atoms with E-state index < -0.39 is 15.9 Å². The number of amides is 1. The van der Waals surface area contributed by atoms with E-state index in [1.807, 2.05) is 0 Å². The molecule has 36 heavy (non-hydrogen) atoms. The minimum atomic E-state index is -3.52. The van der Waals surface area contributed by atoms with E-state index in [1.54, 1.807) is 0 Å². The van der Waals surface area contributed by atoms with Gasteiger partial charge in [0.1, 0.15) is 5.76 Å². The first-order chi connectivity index (χ1) is 16.8. The van der Waals surface area contributed by atoms with Crippen LogP contribution < -0.4 is 34.5 Å². The molecule has 10 heteroatoms. The largest absolute Gasteiger partial charge is 1.00 e. The summed E-state index contributed by atoms with van der Waals surface area (Å²) in [5.41, 5.74) is 0.176. The second-order valence-corrected chi connectivity index (χ2v) is 12.2. The van der Waals surface area contributed by atoms with Crippen molar-refractivity contribution in [2.45, 2.75) is 102 Å². The van der Waals surface area contributed by atoms with Gasteiger partial charge in [-0.15, -0.1) is 0 Å². The predicted octanol–water partition coefficient (Wildman–Crippen LogP) is 5.27. The molecule has 0 saturated carbocycles. The van der Waals surface area contributed by atoms with E-state index in [1.165, 1.54) is 87.8 Å². The molecule has 1 fully saturated rings. The molecule has 1 heterocycles. The van der Waals surface area contributed by atoms with Crippen molar-refractivity contribution in [2.24, 2.45) is 0 Å². The molecule has 0 N–H and O–H groups in total. The summed E-state index contributed by atoms with van der Waals surface area (Å²) in [5.74, 6) is 0.130. The molecule has 0 aromatic heterocycles. The number of carbonyl (C=O) groups excluding carboxylic acids is 1. The number of rotatable bonds is 17. The van der Waals surface area contributed by atoms with Gasteiger partial charge in [-0.25, -0.2) is 18.1 Å². The molecule has 5 nitrogen and oxygen atoms in total. The normalized spacial score (nSPS) is 14.8. The molecule has 0 bridgehead atoms. The Bertz CT molecular complexity index is 985. The third-order valence-corrected chi connectivity index (χ3v) is 8.90. The minimum Gasteiger partial charge on any atom is -0.784 e. The molecule has 196 valence electrons. The molecule has 1 aliphatic heterocycles. The van der Waals surface area contributed by atoms with Crippen LogP contribution in [-0.2, 0) is 27.2 Å². The van der Waals surface area contributed by atoms with Crippen molar-refractivity contribution in [1.82, 2.24) is 0 Å². The van der Waals surface area contributed by atoms with Crippen LogP contribution in [0.5, 0.6) is 0 Å². The molecule has 0 atom stereocenters. The van der Waals surface area contributed by atoms with Crippen molar-refractivity contribution < 1.29 is 47.5 Å². The Hall–Kier alpha value is -0.220. The molecule has 0 aliphatic carbocycles. The summed E-state index contributed by atoms with van der Waals surface area (Å²) in [5, 5.41) is 1.37. The Morgan fingerprint density at radius 2 is 1.44 bits per heavy atom. The molecule has 0 radical (unpaired) electrons. The average Bonchev–Trinajstić information content (AvgIpc) is 3.12. The first kappa shape index (κ1) is 33.8. The van der Waals surface area contributed by atoms with Crippen LogP contribution in [0.25, 0.3) is 0 Å². The molecule has 1 aromatic carbocycles. The number of cyclic esters (lactones) is 1. The Morgan fingerprint density at radius 3 is 1.92 bits per heavy atom. The van der Waals surface area contributed by atoms with Crippen LogP contribution in [0.15, 0.2) is 34.3 Å². The van der Waals surface area contributed by atoms with Crippen LogP contribution in [0.2, 0.25) is 5.02 Å². The zero-order valence-corrected chi connectivity index (χ0v) is 26.8. The number of carbonyl (C=O) groups is 1. The second-order valence-electron chi connectivity index (χ2n) is 9.02. The van der Waals surface area contributed by atoms with Gasteiger partial charge < -0.3 is 17.4 Å². The Morgan fingerprint density at radius 1 is 0.944 bits per heavy atom. The zero-order valence-electron chi connectivity index (χ0n) is 21.6. The standard InChI is InChI=1S/C26H38ClNO4S3.Na/c1-2-3-4-5-6-7-8-9-10-11-12-13-14-15-18-35(30,31)21-16-17-22(27)23(19-21)28-25(34)24(20-33)32-26(28)29;/h16-17,19-20,33H,2-15,18H2,1H3;/q;+1/p-1/b24-20+;. The maximum absolute atomic E-state index is 12.9. The number of hydrogen-bond donors (Lipinski definition) is 0. The van der Waals surface area contributed by atoms with Crippen LogP contribution in [0.3, 0.4) is 0 Å². The van der Waals surface area contributed by atoms with Gasteiger partial charge in [0.15, 0.2) is 14.8 Å². The maximum Gasteiger partial charge on any atom is 1.00 e. The summed E-state index contributed by atoms with van der Waals surface area (Å²) >= 11 is 16.3. The van der Waals surface area contributed by atoms with Crippen molar-refractivity contribution in [3.63, 3.8) is 0 Å². The molecular formula is C26H37ClNNaO4S3. The van der Waals surface area contributed by atoms with Gasteiger partial charge in [-0.2, -0.15) is 5.41 Å². The SMILES string of the molecule is CCCCCCCCCCCCCCCCS(=O)(=O)c1ccc(Cl)c(N2C(=O)O/C(=C/[S-])C2=S)c1.[Na+]. The fourth-order valence-electron chi connectivity index (χ4n) is 4.12. The van der Waals surface area contributed by atoms with E-state index in [0.717, 1.165) is 24.2 Å². The number of thiocarbonyl (C=S) groups is 1. The molecule has 0 spiro atoms. The molecule has 1 aliphatic rings. The summed E-state index contributed by atoms with van der Waals surface area (Å²) in [6, 6.07) is 4.29. The first-order valence-corrected chi connectivity index (χ1v) is 15.6. The van der Waals surface area contributed by atoms with Gasteiger partial charge >= 0.3 is 35.7 Å². The average molecular weight is 582 g/mol. The number of unbranched alkanes of at least 4 members (excludes halogenated alkanes) is 13. The van der Waals surface area contributed by atoms with Crippen molar-refractivity contribution in [3.05, 3.63) is 34.4 Å². The van der Waals surface area contributed by atoms with Gasteiger partial charge in [-0.05, 0) is 24.6 Å². The quantitative estimate of drug-likeness (QED) is 0.0821. The molecule has 0 unspecified atom stereocenters. The fraction of sp³-hybridized carbons (Fsp3) is 0.615. The summed E-state index contributed by atoms with van der Waals surface area (Å²) in [6.45, 7) is 2.25. The van der Waals surface area contributed by atoms with Gasteiger partial charge in [0, 0.05) is 0 Å². The van der Waals surface area contributed by atoms with E-state index in [2.05, 4.69) is 6.92 Å². The molecule has 1 saturated heterocycles. The van der Waals surface area contributed by atoms with Crippen molar-refractivity contribution >= 4 is 63.1 Å². The Balaban J connectivity index is 0.00000648. The first-order valence-electron chi connectivity index (χ1n) is 12.7. The number of ether oxygens (including phenoxy) is 1. The molecule has 1 aromatic rings. The number of benzene rings is 1. The number of sulfone groups is 1. The number of nitrogens with zero attached hydrogens (tertiary/aromatic N) is 1. The number of hydrogen-bond acceptors (Lipinski definition) is 6. The third-order valence-electron chi connectivity index (χ3n) is 6.18. The smallest absolute Gasteiger partial charge is 0.784 e. The monoisotopic (exact) mass is 581 g/mol. The van der Waals surface area contributed by atoms with Crippen molar-refractivity contribution in [2.75, 3.05) is 10.7 Å². The van der Waals surface area contributed by atoms with E-state index in [9.17, 15) is 13.2 Å². The van der Waals surface area contributed by atoms with Gasteiger partial charge in [0.2, 0.25) is 0 Å². The molecular weight excluding hydrogens is 545 g/mol. The topological polar surface area (TPSA) is 63.7 Å². The van der Waals surface area contributed by atoms with Gasteiger partial charge in [-0.1, -0.05) is 114 Å². The summed E-state index contributed by atoms with van der Waals surface area (Å²) in [7, 11) is -3.52. The number of halogens is 1. The maximum atomic E-state index is 12.9. The van der Waals surface area contributed by atoms with E-state index in [0.29, 0.717) is 6.42 Å². The summed E-state index contributed by atoms with van der Waals surface area (Å²) in [4.78, 5) is 13.5. The summed E-state index contributed by atoms with van der Waals surface area (Å²) in [6.07, 6.45) is 16.2. The van der Waals surface area contributed by atoms with Crippen LogP contribution in [0.1, 0.15) is 96.8 Å². The van der Waals surface area contributed by atoms with E-state index >= 15 is 0 Å². The van der Waals surface area contributed by atoms with Crippen molar-refractivity contribution in [3.8, 4) is 0 Å². The Labute approximate surface area is 255 Å². The van der Waals surface area contributed by atoms with Gasteiger partial charge in [-0.3, -0.25) is 0 Å². The molecule has 1 amide bonds. The minimum absolute atomic E-state index is 0. The molecule has 2 rings (SSSR count). The van der Waals surface area contributed by atoms with Crippen LogP contribution in [0, 0.1) is 0 Å². The fourth-order valence-corrected chi connectivity index (χ4v) is 6.22. The summed E-state index contributed by atoms with van der Waals surface area (Å²) < 4.78 is 30.8. The predicted molar refractivity (Wildman–Crippen MR) is 151 cm³/mol. The van der Waals surface area contributed by atoms with Gasteiger partial charge in [0.25, 0.3) is 0 Å². The van der Waals surface area contributed by atoms with Gasteiger partial charge in [0.05, 0.1) is 21.4 Å².